The number of fused-ring (bicyclic) bond motifs is 1. The van der Waals surface area contributed by atoms with Crippen LogP contribution in [0.3, 0.4) is 0 Å². The molecule has 2 aliphatic heterocycles. The number of methoxy groups -OCH3 is 1. The van der Waals surface area contributed by atoms with E-state index < -0.39 is 12.1 Å². The van der Waals surface area contributed by atoms with Crippen molar-refractivity contribution >= 4 is 17.6 Å². The van der Waals surface area contributed by atoms with Crippen LogP contribution < -0.4 is 9.64 Å². The van der Waals surface area contributed by atoms with Crippen LogP contribution in [0.2, 0.25) is 0 Å². The number of allylic oxidation sites excluding steroid dienone is 2. The molecule has 25 heavy (non-hydrogen) atoms. The molecule has 0 radical (unpaired) electrons. The molecule has 0 saturated carbocycles. The molecule has 2 atom stereocenters. The van der Waals surface area contributed by atoms with Crippen molar-refractivity contribution in [1.82, 2.24) is 0 Å². The van der Waals surface area contributed by atoms with Crippen molar-refractivity contribution < 1.29 is 23.8 Å². The van der Waals surface area contributed by atoms with Gasteiger partial charge in [-0.25, -0.2) is 9.59 Å². The highest BCUT2D eigenvalue weighted by molar-refractivity contribution is 6.01. The minimum absolute atomic E-state index is 0.359. The molecular weight excluding hydrogens is 322 g/mol. The number of benzene rings is 1. The van der Waals surface area contributed by atoms with Crippen LogP contribution in [-0.2, 0) is 19.1 Å². The third-order valence-corrected chi connectivity index (χ3v) is 4.35. The summed E-state index contributed by atoms with van der Waals surface area (Å²) in [5, 5.41) is 0. The molecule has 0 bridgehead atoms. The fourth-order valence-electron chi connectivity index (χ4n) is 2.95. The van der Waals surface area contributed by atoms with Crippen LogP contribution in [0.15, 0.2) is 36.4 Å². The van der Waals surface area contributed by atoms with Crippen molar-refractivity contribution in [2.45, 2.75) is 37.8 Å². The van der Waals surface area contributed by atoms with Crippen molar-refractivity contribution in [3.8, 4) is 5.75 Å². The van der Waals surface area contributed by atoms with Crippen LogP contribution in [0.25, 0.3) is 0 Å². The van der Waals surface area contributed by atoms with Crippen LogP contribution in [0.1, 0.15) is 25.7 Å². The first kappa shape index (κ1) is 17.3. The summed E-state index contributed by atoms with van der Waals surface area (Å²) in [5.41, 5.74) is 0.774. The molecule has 3 rings (SSSR count). The van der Waals surface area contributed by atoms with E-state index in [1.807, 2.05) is 12.1 Å². The average molecular weight is 345 g/mol. The standard InChI is InChI=1S/C19H23NO5/c1-23-15-10-8-14(9-11-15)20-16-17(20)19(22)25-13-7-5-3-2-4-6-12-24-18(16)21/h2-3,8-11,16-17H,4-7,12-13H2,1H3/b3-2-/t16-,17-/m1/s1. The van der Waals surface area contributed by atoms with Crippen LogP contribution >= 0.6 is 0 Å². The lowest BCUT2D eigenvalue weighted by atomic mass is 10.2. The molecule has 6 heteroatoms. The van der Waals surface area contributed by atoms with Gasteiger partial charge in [0, 0.05) is 5.69 Å². The van der Waals surface area contributed by atoms with Gasteiger partial charge in [-0.2, -0.15) is 0 Å². The molecular formula is C19H23NO5. The predicted octanol–water partition coefficient (Wildman–Crippen LogP) is 2.47. The fourth-order valence-corrected chi connectivity index (χ4v) is 2.95. The maximum Gasteiger partial charge on any atom is 0.331 e. The van der Waals surface area contributed by atoms with Gasteiger partial charge >= 0.3 is 11.9 Å². The maximum atomic E-state index is 12.4. The second-order valence-electron chi connectivity index (χ2n) is 6.09. The normalized spacial score (nSPS) is 25.9. The van der Waals surface area contributed by atoms with E-state index in [-0.39, 0.29) is 11.9 Å². The van der Waals surface area contributed by atoms with Gasteiger partial charge in [0.05, 0.1) is 20.3 Å². The maximum absolute atomic E-state index is 12.4. The van der Waals surface area contributed by atoms with Crippen LogP contribution in [0.4, 0.5) is 5.69 Å². The van der Waals surface area contributed by atoms with Crippen molar-refractivity contribution in [2.24, 2.45) is 0 Å². The number of cyclic esters (lactones) is 2. The molecule has 1 aromatic rings. The van der Waals surface area contributed by atoms with Gasteiger partial charge in [-0.05, 0) is 49.9 Å². The molecule has 0 spiro atoms. The molecule has 2 heterocycles. The van der Waals surface area contributed by atoms with E-state index in [9.17, 15) is 9.59 Å². The lowest BCUT2D eigenvalue weighted by Crippen LogP contribution is -2.21. The molecule has 0 N–H and O–H groups in total. The number of hydrogen-bond donors (Lipinski definition) is 0. The first-order valence-electron chi connectivity index (χ1n) is 8.63. The van der Waals surface area contributed by atoms with E-state index >= 15 is 0 Å². The first-order valence-corrected chi connectivity index (χ1v) is 8.63. The van der Waals surface area contributed by atoms with E-state index in [1.54, 1.807) is 24.1 Å². The Kier molecular flexibility index (Phi) is 5.58. The zero-order valence-electron chi connectivity index (χ0n) is 14.3. The SMILES string of the molecule is COc1ccc(N2[C@H]3C(=O)OCCC/C=C\CCCOC(=O)[C@@H]32)cc1. The largest absolute Gasteiger partial charge is 0.497 e. The zero-order chi connectivity index (χ0) is 17.6. The van der Waals surface area contributed by atoms with E-state index in [1.165, 1.54) is 0 Å². The summed E-state index contributed by atoms with van der Waals surface area (Å²) in [4.78, 5) is 26.5. The quantitative estimate of drug-likeness (QED) is 0.466. The van der Waals surface area contributed by atoms with Crippen LogP contribution in [0.5, 0.6) is 5.75 Å². The number of anilines is 1. The average Bonchev–Trinajstić information content (AvgIpc) is 3.38. The summed E-state index contributed by atoms with van der Waals surface area (Å²) >= 11 is 0. The third-order valence-electron chi connectivity index (χ3n) is 4.35. The van der Waals surface area contributed by atoms with E-state index in [4.69, 9.17) is 14.2 Å². The summed E-state index contributed by atoms with van der Waals surface area (Å²) in [6, 6.07) is 6.02. The van der Waals surface area contributed by atoms with Crippen LogP contribution in [-0.4, -0.2) is 44.3 Å². The molecule has 2 aliphatic rings. The van der Waals surface area contributed by atoms with Gasteiger partial charge in [0.2, 0.25) is 0 Å². The Morgan fingerprint density at radius 3 is 1.92 bits per heavy atom. The molecule has 1 saturated heterocycles. The van der Waals surface area contributed by atoms with E-state index in [0.717, 1.165) is 37.1 Å². The number of hydrogen-bond acceptors (Lipinski definition) is 6. The van der Waals surface area contributed by atoms with Crippen molar-refractivity contribution in [3.63, 3.8) is 0 Å². The van der Waals surface area contributed by atoms with Gasteiger partial charge in [-0.3, -0.25) is 0 Å². The van der Waals surface area contributed by atoms with Crippen molar-refractivity contribution in [3.05, 3.63) is 36.4 Å². The lowest BCUT2D eigenvalue weighted by molar-refractivity contribution is -0.147. The molecule has 0 aliphatic carbocycles. The lowest BCUT2D eigenvalue weighted by Gasteiger charge is -2.07. The Morgan fingerprint density at radius 1 is 0.920 bits per heavy atom. The fraction of sp³-hybridized carbons (Fsp3) is 0.474. The topological polar surface area (TPSA) is 64.8 Å². The van der Waals surface area contributed by atoms with Gasteiger partial charge < -0.3 is 19.1 Å². The minimum atomic E-state index is -0.612. The number of carbonyl (C=O) groups is 2. The Hall–Kier alpha value is -2.50. The third kappa shape index (κ3) is 4.13. The summed E-state index contributed by atoms with van der Waals surface area (Å²) in [5.74, 6) is -0.0349. The number of nitrogens with zero attached hydrogens (tertiary/aromatic N) is 1. The Balaban J connectivity index is 1.74. The molecule has 134 valence electrons. The van der Waals surface area contributed by atoms with Crippen LogP contribution in [0, 0.1) is 0 Å². The van der Waals surface area contributed by atoms with Gasteiger partial charge in [0.15, 0.2) is 12.1 Å². The second kappa shape index (κ2) is 8.05. The smallest absolute Gasteiger partial charge is 0.331 e. The number of ether oxygens (including phenoxy) is 3. The number of esters is 2. The molecule has 6 nitrogen and oxygen atoms in total. The van der Waals surface area contributed by atoms with Gasteiger partial charge in [-0.15, -0.1) is 0 Å². The number of rotatable bonds is 2. The summed E-state index contributed by atoms with van der Waals surface area (Å²) in [6.45, 7) is 0.718. The predicted molar refractivity (Wildman–Crippen MR) is 92.6 cm³/mol. The summed E-state index contributed by atoms with van der Waals surface area (Å²) in [6.07, 6.45) is 7.47. The van der Waals surface area contributed by atoms with Gasteiger partial charge in [0.1, 0.15) is 5.75 Å². The highest BCUT2D eigenvalue weighted by Crippen LogP contribution is 2.37. The van der Waals surface area contributed by atoms with Crippen molar-refractivity contribution in [2.75, 3.05) is 25.2 Å². The Morgan fingerprint density at radius 2 is 1.44 bits per heavy atom. The monoisotopic (exact) mass is 345 g/mol. The van der Waals surface area contributed by atoms with Crippen molar-refractivity contribution in [1.29, 1.82) is 0 Å². The summed E-state index contributed by atoms with van der Waals surface area (Å²) < 4.78 is 15.8. The number of carbonyl (C=O) groups excluding carboxylic acids is 2. The molecule has 1 aromatic carbocycles. The zero-order valence-corrected chi connectivity index (χ0v) is 14.3. The summed E-state index contributed by atoms with van der Waals surface area (Å²) in [7, 11) is 1.59. The second-order valence-corrected chi connectivity index (χ2v) is 6.09. The molecule has 0 unspecified atom stereocenters. The minimum Gasteiger partial charge on any atom is -0.497 e. The Bertz CT molecular complexity index is 608. The van der Waals surface area contributed by atoms with Gasteiger partial charge in [-0.1, -0.05) is 12.2 Å². The molecule has 0 amide bonds. The first-order chi connectivity index (χ1) is 12.2. The van der Waals surface area contributed by atoms with E-state index in [0.29, 0.717) is 13.2 Å². The highest BCUT2D eigenvalue weighted by atomic mass is 16.5. The van der Waals surface area contributed by atoms with Gasteiger partial charge in [0.25, 0.3) is 0 Å². The molecule has 0 aromatic heterocycles. The Labute approximate surface area is 147 Å². The van der Waals surface area contributed by atoms with E-state index in [2.05, 4.69) is 12.2 Å². The highest BCUT2D eigenvalue weighted by Gasteiger charge is 2.59. The molecule has 1 fully saturated rings.